The predicted octanol–water partition coefficient (Wildman–Crippen LogP) is 3.47. The fourth-order valence-electron chi connectivity index (χ4n) is 2.67. The van der Waals surface area contributed by atoms with Gasteiger partial charge < -0.3 is 11.1 Å². The van der Waals surface area contributed by atoms with Gasteiger partial charge >= 0.3 is 0 Å². The van der Waals surface area contributed by atoms with Gasteiger partial charge in [-0.05, 0) is 36.7 Å². The average molecular weight is 266 g/mol. The molecule has 1 aliphatic rings. The van der Waals surface area contributed by atoms with Crippen LogP contribution in [0.1, 0.15) is 72.7 Å². The van der Waals surface area contributed by atoms with Crippen LogP contribution >= 0.6 is 11.3 Å². The zero-order valence-electron chi connectivity index (χ0n) is 11.4. The first kappa shape index (κ1) is 13.4. The van der Waals surface area contributed by atoms with Crippen LogP contribution in [0.5, 0.6) is 0 Å². The van der Waals surface area contributed by atoms with Crippen LogP contribution < -0.4 is 11.1 Å². The minimum atomic E-state index is 0.00722. The Morgan fingerprint density at radius 3 is 2.72 bits per heavy atom. The monoisotopic (exact) mass is 266 g/mol. The molecule has 0 saturated carbocycles. The number of fused-ring (bicyclic) bond motifs is 1. The Kier molecular flexibility index (Phi) is 3.95. The Hall–Kier alpha value is -1.03. The lowest BCUT2D eigenvalue weighted by molar-refractivity contribution is 0.0953. The highest BCUT2D eigenvalue weighted by atomic mass is 32.1. The number of anilines is 1. The predicted molar refractivity (Wildman–Crippen MR) is 77.4 cm³/mol. The highest BCUT2D eigenvalue weighted by Crippen LogP contribution is 2.46. The Balaban J connectivity index is 2.39. The van der Waals surface area contributed by atoms with Gasteiger partial charge in [0.2, 0.25) is 0 Å². The molecule has 0 aliphatic heterocycles. The molecule has 1 heterocycles. The molecular formula is C14H22N2OS. The number of carbonyl (C=O) groups excluding carboxylic acids is 1. The first-order valence-electron chi connectivity index (χ1n) is 6.76. The van der Waals surface area contributed by atoms with Crippen molar-refractivity contribution >= 4 is 22.2 Å². The van der Waals surface area contributed by atoms with Gasteiger partial charge in [0.25, 0.3) is 5.91 Å². The van der Waals surface area contributed by atoms with E-state index in [1.165, 1.54) is 16.9 Å². The van der Waals surface area contributed by atoms with E-state index in [0.717, 1.165) is 18.4 Å². The van der Waals surface area contributed by atoms with Gasteiger partial charge in [0.05, 0.1) is 10.6 Å². The molecule has 1 amide bonds. The summed E-state index contributed by atoms with van der Waals surface area (Å²) in [4.78, 5) is 13.6. The lowest BCUT2D eigenvalue weighted by Crippen LogP contribution is -2.26. The standard InChI is InChI=1S/C14H22N2OS/c1-4-7-16-14(17)11-10-8(2)5-6-9(3)12(10)18-13(11)15/h8-9H,4-7,15H2,1-3H3,(H,16,17). The molecule has 4 heteroatoms. The first-order valence-corrected chi connectivity index (χ1v) is 7.58. The maximum absolute atomic E-state index is 12.2. The second-order valence-corrected chi connectivity index (χ2v) is 6.34. The van der Waals surface area contributed by atoms with E-state index in [0.29, 0.717) is 23.4 Å². The Labute approximate surface area is 113 Å². The third-order valence-corrected chi connectivity index (χ3v) is 5.00. The molecule has 3 N–H and O–H groups in total. The summed E-state index contributed by atoms with van der Waals surface area (Å²) >= 11 is 1.61. The van der Waals surface area contributed by atoms with Gasteiger partial charge in [-0.1, -0.05) is 20.8 Å². The van der Waals surface area contributed by atoms with Crippen molar-refractivity contribution in [3.05, 3.63) is 16.0 Å². The fourth-order valence-corrected chi connectivity index (χ4v) is 3.95. The van der Waals surface area contributed by atoms with E-state index in [4.69, 9.17) is 5.73 Å². The SMILES string of the molecule is CCCNC(=O)c1c(N)sc2c1C(C)CCC2C. The molecule has 18 heavy (non-hydrogen) atoms. The van der Waals surface area contributed by atoms with E-state index in [-0.39, 0.29) is 5.91 Å². The topological polar surface area (TPSA) is 55.1 Å². The highest BCUT2D eigenvalue weighted by molar-refractivity contribution is 7.16. The normalized spacial score (nSPS) is 22.6. The van der Waals surface area contributed by atoms with E-state index >= 15 is 0 Å². The summed E-state index contributed by atoms with van der Waals surface area (Å²) in [6.07, 6.45) is 3.30. The molecule has 2 unspecified atom stereocenters. The maximum atomic E-state index is 12.2. The second kappa shape index (κ2) is 5.31. The number of nitrogens with one attached hydrogen (secondary N) is 1. The van der Waals surface area contributed by atoms with Crippen LogP contribution in [-0.4, -0.2) is 12.5 Å². The molecule has 1 aromatic rings. The lowest BCUT2D eigenvalue weighted by Gasteiger charge is -2.24. The smallest absolute Gasteiger partial charge is 0.254 e. The molecular weight excluding hydrogens is 244 g/mol. The van der Waals surface area contributed by atoms with Crippen LogP contribution in [-0.2, 0) is 0 Å². The van der Waals surface area contributed by atoms with E-state index in [2.05, 4.69) is 26.1 Å². The Bertz CT molecular complexity index is 453. The minimum Gasteiger partial charge on any atom is -0.390 e. The van der Waals surface area contributed by atoms with Crippen LogP contribution in [0.15, 0.2) is 0 Å². The van der Waals surface area contributed by atoms with Crippen LogP contribution in [0, 0.1) is 0 Å². The molecule has 1 aliphatic carbocycles. The number of carbonyl (C=O) groups is 1. The molecule has 3 nitrogen and oxygen atoms in total. The summed E-state index contributed by atoms with van der Waals surface area (Å²) in [6.45, 7) is 7.20. The maximum Gasteiger partial charge on any atom is 0.254 e. The number of nitrogens with two attached hydrogens (primary N) is 1. The molecule has 0 fully saturated rings. The average Bonchev–Trinajstić information content (AvgIpc) is 2.69. The van der Waals surface area contributed by atoms with E-state index in [9.17, 15) is 4.79 Å². The second-order valence-electron chi connectivity index (χ2n) is 5.25. The van der Waals surface area contributed by atoms with Gasteiger partial charge in [0.15, 0.2) is 0 Å². The molecule has 0 saturated heterocycles. The van der Waals surface area contributed by atoms with Crippen molar-refractivity contribution in [3.8, 4) is 0 Å². The van der Waals surface area contributed by atoms with Crippen molar-refractivity contribution in [2.45, 2.75) is 51.9 Å². The summed E-state index contributed by atoms with van der Waals surface area (Å²) in [7, 11) is 0. The van der Waals surface area contributed by atoms with E-state index in [1.54, 1.807) is 11.3 Å². The third-order valence-electron chi connectivity index (χ3n) is 3.74. The summed E-state index contributed by atoms with van der Waals surface area (Å²) in [5.74, 6) is 0.996. The van der Waals surface area contributed by atoms with Crippen molar-refractivity contribution in [1.82, 2.24) is 5.32 Å². The number of rotatable bonds is 3. The van der Waals surface area contributed by atoms with Crippen molar-refractivity contribution in [2.75, 3.05) is 12.3 Å². The van der Waals surface area contributed by atoms with Gasteiger partial charge in [-0.15, -0.1) is 11.3 Å². The zero-order valence-corrected chi connectivity index (χ0v) is 12.2. The number of thiophene rings is 1. The quantitative estimate of drug-likeness (QED) is 0.880. The lowest BCUT2D eigenvalue weighted by atomic mass is 9.81. The molecule has 2 rings (SSSR count). The number of nitrogen functional groups attached to an aromatic ring is 1. The van der Waals surface area contributed by atoms with Crippen LogP contribution in [0.25, 0.3) is 0 Å². The largest absolute Gasteiger partial charge is 0.390 e. The van der Waals surface area contributed by atoms with Crippen molar-refractivity contribution in [3.63, 3.8) is 0 Å². The van der Waals surface area contributed by atoms with Crippen molar-refractivity contribution in [2.24, 2.45) is 0 Å². The molecule has 0 aromatic carbocycles. The van der Waals surface area contributed by atoms with Crippen molar-refractivity contribution in [1.29, 1.82) is 0 Å². The molecule has 0 spiro atoms. The Morgan fingerprint density at radius 1 is 1.39 bits per heavy atom. The summed E-state index contributed by atoms with van der Waals surface area (Å²) in [6, 6.07) is 0. The van der Waals surface area contributed by atoms with E-state index in [1.807, 2.05) is 0 Å². The number of amides is 1. The van der Waals surface area contributed by atoms with Gasteiger partial charge in [-0.2, -0.15) is 0 Å². The van der Waals surface area contributed by atoms with Gasteiger partial charge in [0, 0.05) is 11.4 Å². The highest BCUT2D eigenvalue weighted by Gasteiger charge is 2.31. The van der Waals surface area contributed by atoms with Crippen LogP contribution in [0.4, 0.5) is 5.00 Å². The van der Waals surface area contributed by atoms with E-state index < -0.39 is 0 Å². The van der Waals surface area contributed by atoms with Gasteiger partial charge in [-0.25, -0.2) is 0 Å². The molecule has 100 valence electrons. The van der Waals surface area contributed by atoms with Crippen LogP contribution in [0.2, 0.25) is 0 Å². The summed E-state index contributed by atoms with van der Waals surface area (Å²) < 4.78 is 0. The molecule has 2 atom stereocenters. The third kappa shape index (κ3) is 2.26. The van der Waals surface area contributed by atoms with Gasteiger partial charge in [0.1, 0.15) is 0 Å². The Morgan fingerprint density at radius 2 is 2.06 bits per heavy atom. The molecule has 0 bridgehead atoms. The number of hydrogen-bond acceptors (Lipinski definition) is 3. The minimum absolute atomic E-state index is 0.00722. The van der Waals surface area contributed by atoms with Crippen LogP contribution in [0.3, 0.4) is 0 Å². The first-order chi connectivity index (χ1) is 8.56. The van der Waals surface area contributed by atoms with Gasteiger partial charge in [-0.3, -0.25) is 4.79 Å². The summed E-state index contributed by atoms with van der Waals surface area (Å²) in [5, 5.41) is 3.64. The summed E-state index contributed by atoms with van der Waals surface area (Å²) in [5.41, 5.74) is 8.04. The molecule has 0 radical (unpaired) electrons. The number of hydrogen-bond donors (Lipinski definition) is 2. The fraction of sp³-hybridized carbons (Fsp3) is 0.643. The van der Waals surface area contributed by atoms with Crippen molar-refractivity contribution < 1.29 is 4.79 Å². The zero-order chi connectivity index (χ0) is 13.3. The molecule has 1 aromatic heterocycles.